The number of unbranched alkanes of at least 4 members (excludes halogenated alkanes) is 3. The Balaban J connectivity index is 1.33. The molecule has 0 aromatic heterocycles. The minimum absolute atomic E-state index is 0.0299. The summed E-state index contributed by atoms with van der Waals surface area (Å²) in [6.07, 6.45) is 9.68. The fourth-order valence-corrected chi connectivity index (χ4v) is 4.28. The van der Waals surface area contributed by atoms with Crippen molar-refractivity contribution in [1.82, 2.24) is 5.32 Å². The van der Waals surface area contributed by atoms with Crippen LogP contribution in [0.3, 0.4) is 0 Å². The van der Waals surface area contributed by atoms with Crippen molar-refractivity contribution in [3.8, 4) is 5.75 Å². The lowest BCUT2D eigenvalue weighted by atomic mass is 9.88. The van der Waals surface area contributed by atoms with Crippen LogP contribution in [0.2, 0.25) is 0 Å². The van der Waals surface area contributed by atoms with E-state index < -0.39 is 12.2 Å². The lowest BCUT2D eigenvalue weighted by Crippen LogP contribution is -2.25. The Morgan fingerprint density at radius 1 is 1.16 bits per heavy atom. The largest absolute Gasteiger partial charge is 0.491 e. The number of benzene rings is 1. The summed E-state index contributed by atoms with van der Waals surface area (Å²) in [5.41, 5.74) is 0. The molecule has 2 aliphatic carbocycles. The van der Waals surface area contributed by atoms with Crippen LogP contribution in [0.25, 0.3) is 0 Å². The molecule has 2 saturated carbocycles. The van der Waals surface area contributed by atoms with Crippen LogP contribution in [-0.4, -0.2) is 47.3 Å². The molecular formula is C26H37NO5. The first-order valence-corrected chi connectivity index (χ1v) is 12.0. The van der Waals surface area contributed by atoms with E-state index in [0.717, 1.165) is 38.6 Å². The van der Waals surface area contributed by atoms with E-state index in [-0.39, 0.29) is 36.6 Å². The van der Waals surface area contributed by atoms with Crippen molar-refractivity contribution in [3.63, 3.8) is 0 Å². The fourth-order valence-electron chi connectivity index (χ4n) is 4.28. The molecule has 4 atom stereocenters. The Hall–Kier alpha value is -2.18. The Bertz CT molecular complexity index is 746. The van der Waals surface area contributed by atoms with E-state index in [1.165, 1.54) is 12.8 Å². The average molecular weight is 444 g/mol. The first kappa shape index (κ1) is 24.5. The normalized spacial score (nSPS) is 24.1. The van der Waals surface area contributed by atoms with Crippen LogP contribution in [0.4, 0.5) is 0 Å². The van der Waals surface area contributed by atoms with Crippen molar-refractivity contribution in [2.24, 2.45) is 17.8 Å². The predicted octanol–water partition coefficient (Wildman–Crippen LogP) is 3.42. The summed E-state index contributed by atoms with van der Waals surface area (Å²) in [7, 11) is 0. The van der Waals surface area contributed by atoms with Crippen molar-refractivity contribution >= 4 is 11.7 Å². The van der Waals surface area contributed by atoms with Gasteiger partial charge in [0.25, 0.3) is 0 Å². The predicted molar refractivity (Wildman–Crippen MR) is 123 cm³/mol. The van der Waals surface area contributed by atoms with E-state index in [2.05, 4.69) is 5.32 Å². The maximum absolute atomic E-state index is 12.3. The van der Waals surface area contributed by atoms with Crippen LogP contribution in [-0.2, 0) is 9.59 Å². The molecule has 6 heteroatoms. The third kappa shape index (κ3) is 8.40. The summed E-state index contributed by atoms with van der Waals surface area (Å²) >= 11 is 0. The molecule has 0 spiro atoms. The minimum Gasteiger partial charge on any atom is -0.491 e. The Kier molecular flexibility index (Phi) is 9.75. The smallest absolute Gasteiger partial charge is 0.220 e. The number of aliphatic hydroxyl groups is 2. The van der Waals surface area contributed by atoms with Gasteiger partial charge in [0, 0.05) is 25.3 Å². The van der Waals surface area contributed by atoms with Crippen LogP contribution < -0.4 is 10.1 Å². The molecule has 176 valence electrons. The zero-order valence-corrected chi connectivity index (χ0v) is 18.8. The number of aliphatic hydroxyl groups excluding tert-OH is 2. The number of hydrogen-bond donors (Lipinski definition) is 3. The number of nitrogens with one attached hydrogen (secondary N) is 1. The van der Waals surface area contributed by atoms with Crippen molar-refractivity contribution in [2.75, 3.05) is 13.2 Å². The highest BCUT2D eigenvalue weighted by atomic mass is 16.5. The standard InChI is InChI=1S/C26H37NO5/c28-20(18-32-21-8-4-3-5-9-21)14-15-23-22(24(29)16-25(23)30)10-6-1-2-7-11-26(31)27-17-19-12-13-19/h3-5,8-9,14-15,19-20,22-24,28-29H,1-2,6-7,10-13,16-18H2,(H,27,31)/b15-14+/t20?,22?,23?,24-/m0/s1. The van der Waals surface area contributed by atoms with Crippen LogP contribution in [0.15, 0.2) is 42.5 Å². The Morgan fingerprint density at radius 3 is 2.66 bits per heavy atom. The number of carbonyl (C=O) groups is 2. The quantitative estimate of drug-likeness (QED) is 0.302. The Labute approximate surface area is 191 Å². The summed E-state index contributed by atoms with van der Waals surface area (Å²) in [5.74, 6) is 1.10. The average Bonchev–Trinajstić information content (AvgIpc) is 3.58. The zero-order valence-electron chi connectivity index (χ0n) is 18.8. The van der Waals surface area contributed by atoms with Gasteiger partial charge < -0.3 is 20.3 Å². The molecule has 0 bridgehead atoms. The molecule has 3 N–H and O–H groups in total. The van der Waals surface area contributed by atoms with Crippen LogP contribution in [0.5, 0.6) is 5.75 Å². The molecule has 1 amide bonds. The molecule has 1 aromatic rings. The van der Waals surface area contributed by atoms with E-state index in [1.54, 1.807) is 12.2 Å². The second-order valence-corrected chi connectivity index (χ2v) is 9.20. The number of allylic oxidation sites excluding steroid dienone is 1. The summed E-state index contributed by atoms with van der Waals surface area (Å²) in [6, 6.07) is 9.27. The van der Waals surface area contributed by atoms with Gasteiger partial charge in [-0.3, -0.25) is 9.59 Å². The monoisotopic (exact) mass is 443 g/mol. The van der Waals surface area contributed by atoms with Crippen molar-refractivity contribution in [2.45, 2.75) is 70.0 Å². The van der Waals surface area contributed by atoms with Gasteiger partial charge >= 0.3 is 0 Å². The molecule has 3 unspecified atom stereocenters. The SMILES string of the molecule is O=C(CCCCCCC1C(/C=C/C(O)COc2ccccc2)C(=O)C[C@@H]1O)NCC1CC1. The molecule has 32 heavy (non-hydrogen) atoms. The molecule has 0 saturated heterocycles. The number of hydrogen-bond acceptors (Lipinski definition) is 5. The molecule has 1 aromatic carbocycles. The highest BCUT2D eigenvalue weighted by molar-refractivity contribution is 5.86. The molecule has 0 radical (unpaired) electrons. The number of ether oxygens (including phenoxy) is 1. The van der Waals surface area contributed by atoms with Gasteiger partial charge in [0.15, 0.2) is 0 Å². The van der Waals surface area contributed by atoms with Gasteiger partial charge in [-0.1, -0.05) is 49.6 Å². The zero-order chi connectivity index (χ0) is 22.8. The van der Waals surface area contributed by atoms with E-state index in [4.69, 9.17) is 4.74 Å². The second kappa shape index (κ2) is 12.8. The van der Waals surface area contributed by atoms with Crippen molar-refractivity contribution in [1.29, 1.82) is 0 Å². The molecule has 2 aliphatic rings. The lowest BCUT2D eigenvalue weighted by Gasteiger charge is -2.19. The number of carbonyl (C=O) groups excluding carboxylic acids is 2. The topological polar surface area (TPSA) is 95.9 Å². The molecule has 0 aliphatic heterocycles. The summed E-state index contributed by atoms with van der Waals surface area (Å²) in [5, 5.41) is 23.5. The number of ketones is 1. The van der Waals surface area contributed by atoms with E-state index in [1.807, 2.05) is 30.3 Å². The second-order valence-electron chi connectivity index (χ2n) is 9.20. The number of amides is 1. The van der Waals surface area contributed by atoms with Crippen LogP contribution in [0, 0.1) is 17.8 Å². The third-order valence-electron chi connectivity index (χ3n) is 6.42. The molecule has 2 fully saturated rings. The van der Waals surface area contributed by atoms with Gasteiger partial charge in [0.1, 0.15) is 24.2 Å². The first-order valence-electron chi connectivity index (χ1n) is 12.0. The number of para-hydroxylation sites is 1. The molecule has 0 heterocycles. The van der Waals surface area contributed by atoms with Gasteiger partial charge in [-0.15, -0.1) is 0 Å². The van der Waals surface area contributed by atoms with Gasteiger partial charge in [0.2, 0.25) is 5.91 Å². The van der Waals surface area contributed by atoms with Crippen LogP contribution >= 0.6 is 0 Å². The summed E-state index contributed by atoms with van der Waals surface area (Å²) in [4.78, 5) is 24.1. The van der Waals surface area contributed by atoms with Gasteiger partial charge in [0.05, 0.1) is 6.10 Å². The van der Waals surface area contributed by atoms with Gasteiger partial charge in [-0.05, 0) is 49.7 Å². The highest BCUT2D eigenvalue weighted by Gasteiger charge is 2.39. The van der Waals surface area contributed by atoms with Crippen LogP contribution in [0.1, 0.15) is 57.8 Å². The summed E-state index contributed by atoms with van der Waals surface area (Å²) in [6.45, 7) is 0.942. The Morgan fingerprint density at radius 2 is 1.91 bits per heavy atom. The van der Waals surface area contributed by atoms with Gasteiger partial charge in [-0.25, -0.2) is 0 Å². The molecule has 6 nitrogen and oxygen atoms in total. The number of Topliss-reactive ketones (excluding diaryl/α,β-unsaturated/α-hetero) is 1. The third-order valence-corrected chi connectivity index (χ3v) is 6.42. The van der Waals surface area contributed by atoms with Crippen molar-refractivity contribution < 1.29 is 24.5 Å². The highest BCUT2D eigenvalue weighted by Crippen LogP contribution is 2.34. The first-order chi connectivity index (χ1) is 15.5. The molecular weight excluding hydrogens is 406 g/mol. The maximum atomic E-state index is 12.3. The maximum Gasteiger partial charge on any atom is 0.220 e. The van der Waals surface area contributed by atoms with E-state index >= 15 is 0 Å². The lowest BCUT2D eigenvalue weighted by molar-refractivity contribution is -0.121. The number of rotatable bonds is 14. The summed E-state index contributed by atoms with van der Waals surface area (Å²) < 4.78 is 5.54. The van der Waals surface area contributed by atoms with Crippen molar-refractivity contribution in [3.05, 3.63) is 42.5 Å². The fraction of sp³-hybridized carbons (Fsp3) is 0.615. The van der Waals surface area contributed by atoms with E-state index in [9.17, 15) is 19.8 Å². The van der Waals surface area contributed by atoms with Gasteiger partial charge in [-0.2, -0.15) is 0 Å². The molecule has 3 rings (SSSR count). The minimum atomic E-state index is -0.813. The van der Waals surface area contributed by atoms with E-state index in [0.29, 0.717) is 18.1 Å².